The highest BCUT2D eigenvalue weighted by atomic mass is 16.4. The number of hydrogen-bond acceptors (Lipinski definition) is 5. The Kier molecular flexibility index (Phi) is 4.34. The molecule has 0 unspecified atom stereocenters. The highest BCUT2D eigenvalue weighted by Gasteiger charge is 2.10. The molecule has 1 N–H and O–H groups in total. The van der Waals surface area contributed by atoms with Crippen molar-refractivity contribution in [3.8, 4) is 0 Å². The number of nitrogens with zero attached hydrogens (tertiary/aromatic N) is 3. The van der Waals surface area contributed by atoms with Crippen molar-refractivity contribution in [2.24, 2.45) is 0 Å². The summed E-state index contributed by atoms with van der Waals surface area (Å²) in [7, 11) is 3.40. The molecule has 0 aromatic carbocycles. The molecule has 0 saturated heterocycles. The van der Waals surface area contributed by atoms with Crippen molar-refractivity contribution in [3.05, 3.63) is 41.9 Å². The van der Waals surface area contributed by atoms with Crippen LogP contribution >= 0.6 is 0 Å². The van der Waals surface area contributed by atoms with Crippen molar-refractivity contribution in [2.75, 3.05) is 19.4 Å². The van der Waals surface area contributed by atoms with Crippen molar-refractivity contribution in [3.63, 3.8) is 0 Å². The summed E-state index contributed by atoms with van der Waals surface area (Å²) in [5, 5.41) is 3.17. The molecule has 2 heterocycles. The van der Waals surface area contributed by atoms with Gasteiger partial charge in [-0.15, -0.1) is 0 Å². The number of rotatable bonds is 5. The molecule has 0 aliphatic rings. The molecule has 20 heavy (non-hydrogen) atoms. The van der Waals surface area contributed by atoms with Crippen LogP contribution in [0.3, 0.4) is 0 Å². The lowest BCUT2D eigenvalue weighted by Crippen LogP contribution is -2.22. The lowest BCUT2D eigenvalue weighted by Gasteiger charge is -2.10. The number of carbonyl (C=O) groups excluding carboxylic acids is 1. The van der Waals surface area contributed by atoms with E-state index in [1.54, 1.807) is 38.6 Å². The third-order valence-electron chi connectivity index (χ3n) is 2.78. The lowest BCUT2D eigenvalue weighted by molar-refractivity contribution is 0.0822. The second kappa shape index (κ2) is 6.18. The van der Waals surface area contributed by atoms with Crippen LogP contribution in [0.25, 0.3) is 0 Å². The molecule has 0 saturated carbocycles. The van der Waals surface area contributed by atoms with Crippen molar-refractivity contribution in [1.82, 2.24) is 14.9 Å². The van der Waals surface area contributed by atoms with Crippen LogP contribution < -0.4 is 5.32 Å². The average molecular weight is 274 g/mol. The fourth-order valence-electron chi connectivity index (χ4n) is 1.66. The van der Waals surface area contributed by atoms with Gasteiger partial charge in [0.05, 0.1) is 12.7 Å². The maximum atomic E-state index is 11.8. The molecule has 0 radical (unpaired) electrons. The molecule has 0 atom stereocenters. The van der Waals surface area contributed by atoms with E-state index in [1.807, 2.05) is 6.92 Å². The first kappa shape index (κ1) is 14.0. The van der Waals surface area contributed by atoms with Gasteiger partial charge in [0.1, 0.15) is 11.5 Å². The maximum Gasteiger partial charge on any atom is 0.272 e. The van der Waals surface area contributed by atoms with Crippen LogP contribution in [0.1, 0.15) is 29.1 Å². The highest BCUT2D eigenvalue weighted by molar-refractivity contribution is 5.92. The van der Waals surface area contributed by atoms with E-state index in [4.69, 9.17) is 4.42 Å². The third kappa shape index (κ3) is 3.34. The monoisotopic (exact) mass is 274 g/mol. The first-order chi connectivity index (χ1) is 9.60. The standard InChI is InChI=1S/C14H18N4O2/c1-4-11-8-17-13(20-11)9-16-10-5-6-15-12(7-10)14(19)18(2)3/h5-8H,4,9H2,1-3H3,(H,15,16). The molecule has 0 bridgehead atoms. The van der Waals surface area contributed by atoms with Gasteiger partial charge in [-0.2, -0.15) is 0 Å². The van der Waals surface area contributed by atoms with Gasteiger partial charge in [0, 0.05) is 32.4 Å². The zero-order chi connectivity index (χ0) is 14.5. The first-order valence-electron chi connectivity index (χ1n) is 6.45. The summed E-state index contributed by atoms with van der Waals surface area (Å²) >= 11 is 0. The van der Waals surface area contributed by atoms with Crippen LogP contribution in [-0.4, -0.2) is 34.9 Å². The Balaban J connectivity index is 2.02. The number of aromatic nitrogens is 2. The van der Waals surface area contributed by atoms with Crippen LogP contribution in [0.2, 0.25) is 0 Å². The van der Waals surface area contributed by atoms with E-state index >= 15 is 0 Å². The molecule has 2 aromatic heterocycles. The predicted molar refractivity (Wildman–Crippen MR) is 75.5 cm³/mol. The van der Waals surface area contributed by atoms with E-state index in [0.29, 0.717) is 18.1 Å². The quantitative estimate of drug-likeness (QED) is 0.902. The molecular weight excluding hydrogens is 256 g/mol. The van der Waals surface area contributed by atoms with Crippen molar-refractivity contribution >= 4 is 11.6 Å². The minimum atomic E-state index is -0.127. The van der Waals surface area contributed by atoms with E-state index in [2.05, 4.69) is 15.3 Å². The average Bonchev–Trinajstić information content (AvgIpc) is 2.92. The molecule has 0 spiro atoms. The smallest absolute Gasteiger partial charge is 0.272 e. The van der Waals surface area contributed by atoms with Gasteiger partial charge in [0.25, 0.3) is 5.91 Å². The molecule has 1 amide bonds. The van der Waals surface area contributed by atoms with Crippen molar-refractivity contribution in [2.45, 2.75) is 19.9 Å². The molecule has 0 fully saturated rings. The van der Waals surface area contributed by atoms with Crippen molar-refractivity contribution < 1.29 is 9.21 Å². The molecule has 2 rings (SSSR count). The molecule has 0 aliphatic heterocycles. The van der Waals surface area contributed by atoms with E-state index in [0.717, 1.165) is 17.9 Å². The number of hydrogen-bond donors (Lipinski definition) is 1. The number of amides is 1. The summed E-state index contributed by atoms with van der Waals surface area (Å²) in [5.74, 6) is 1.36. The van der Waals surface area contributed by atoms with Gasteiger partial charge in [-0.25, -0.2) is 4.98 Å². The van der Waals surface area contributed by atoms with E-state index in [9.17, 15) is 4.79 Å². The number of pyridine rings is 1. The van der Waals surface area contributed by atoms with Crippen LogP contribution in [0, 0.1) is 0 Å². The van der Waals surface area contributed by atoms with Crippen LogP contribution in [-0.2, 0) is 13.0 Å². The minimum Gasteiger partial charge on any atom is -0.444 e. The molecular formula is C14H18N4O2. The van der Waals surface area contributed by atoms with Crippen LogP contribution in [0.5, 0.6) is 0 Å². The van der Waals surface area contributed by atoms with E-state index in [-0.39, 0.29) is 5.91 Å². The molecule has 6 nitrogen and oxygen atoms in total. The van der Waals surface area contributed by atoms with E-state index < -0.39 is 0 Å². The topological polar surface area (TPSA) is 71.3 Å². The Morgan fingerprint density at radius 2 is 2.20 bits per heavy atom. The first-order valence-corrected chi connectivity index (χ1v) is 6.45. The molecule has 106 valence electrons. The molecule has 2 aromatic rings. The zero-order valence-electron chi connectivity index (χ0n) is 11.9. The Morgan fingerprint density at radius 1 is 1.40 bits per heavy atom. The fraction of sp³-hybridized carbons (Fsp3) is 0.357. The SMILES string of the molecule is CCc1cnc(CNc2ccnc(C(=O)N(C)C)c2)o1. The summed E-state index contributed by atoms with van der Waals surface area (Å²) in [6.45, 7) is 2.49. The maximum absolute atomic E-state index is 11.8. The molecule has 6 heteroatoms. The van der Waals surface area contributed by atoms with Gasteiger partial charge in [0.15, 0.2) is 0 Å². The minimum absolute atomic E-state index is 0.127. The second-order valence-electron chi connectivity index (χ2n) is 4.56. The second-order valence-corrected chi connectivity index (χ2v) is 4.56. The fourth-order valence-corrected chi connectivity index (χ4v) is 1.66. The van der Waals surface area contributed by atoms with Gasteiger partial charge in [-0.05, 0) is 12.1 Å². The van der Waals surface area contributed by atoms with Crippen molar-refractivity contribution in [1.29, 1.82) is 0 Å². The highest BCUT2D eigenvalue weighted by Crippen LogP contribution is 2.11. The summed E-state index contributed by atoms with van der Waals surface area (Å²) < 4.78 is 5.51. The Morgan fingerprint density at radius 3 is 2.85 bits per heavy atom. The summed E-state index contributed by atoms with van der Waals surface area (Å²) in [5.41, 5.74) is 1.21. The summed E-state index contributed by atoms with van der Waals surface area (Å²) in [6, 6.07) is 3.52. The number of aryl methyl sites for hydroxylation is 1. The zero-order valence-corrected chi connectivity index (χ0v) is 11.9. The normalized spacial score (nSPS) is 10.3. The number of anilines is 1. The summed E-state index contributed by atoms with van der Waals surface area (Å²) in [4.78, 5) is 21.5. The number of carbonyl (C=O) groups is 1. The molecule has 0 aliphatic carbocycles. The Labute approximate surface area is 117 Å². The predicted octanol–water partition coefficient (Wildman–Crippen LogP) is 1.95. The summed E-state index contributed by atoms with van der Waals surface area (Å²) in [6.07, 6.45) is 4.15. The van der Waals surface area contributed by atoms with Gasteiger partial charge in [-0.3, -0.25) is 9.78 Å². The Hall–Kier alpha value is -2.37. The van der Waals surface area contributed by atoms with Crippen LogP contribution in [0.4, 0.5) is 5.69 Å². The number of oxazole rings is 1. The van der Waals surface area contributed by atoms with E-state index in [1.165, 1.54) is 4.90 Å². The third-order valence-corrected chi connectivity index (χ3v) is 2.78. The van der Waals surface area contributed by atoms with Gasteiger partial charge in [-0.1, -0.05) is 6.92 Å². The van der Waals surface area contributed by atoms with Crippen LogP contribution in [0.15, 0.2) is 28.9 Å². The Bertz CT molecular complexity index is 592. The van der Waals surface area contributed by atoms with Gasteiger partial charge < -0.3 is 14.6 Å². The lowest BCUT2D eigenvalue weighted by atomic mass is 10.3. The van der Waals surface area contributed by atoms with Gasteiger partial charge >= 0.3 is 0 Å². The van der Waals surface area contributed by atoms with Gasteiger partial charge in [0.2, 0.25) is 5.89 Å². The largest absolute Gasteiger partial charge is 0.444 e. The number of nitrogens with one attached hydrogen (secondary N) is 1.